The summed E-state index contributed by atoms with van der Waals surface area (Å²) in [6.45, 7) is 0. The number of para-hydroxylation sites is 4. The molecule has 2 N–H and O–H groups in total. The molecule has 0 unspecified atom stereocenters. The van der Waals surface area contributed by atoms with Crippen LogP contribution in [0.2, 0.25) is 0 Å². The third-order valence-electron chi connectivity index (χ3n) is 4.79. The molecule has 6 aromatic rings. The molecule has 6 rings (SSSR count). The fourth-order valence-corrected chi connectivity index (χ4v) is 3.69. The van der Waals surface area contributed by atoms with Gasteiger partial charge in [0.15, 0.2) is 0 Å². The van der Waals surface area contributed by atoms with E-state index in [1.54, 1.807) is 12.1 Å². The first-order valence-corrected chi connectivity index (χ1v) is 8.35. The average molecular weight is 339 g/mol. The molecule has 0 radical (unpaired) electrons. The molecule has 0 aliphatic heterocycles. The molecule has 3 aromatic heterocycles. The molecule has 0 aliphatic rings. The Morgan fingerprint density at radius 1 is 0.654 bits per heavy atom. The number of nitrogens with zero attached hydrogens (tertiary/aromatic N) is 4. The topological polar surface area (TPSA) is 70.6 Å². The molecule has 0 atom stereocenters. The Hall–Kier alpha value is -3.80. The van der Waals surface area contributed by atoms with E-state index < -0.39 is 0 Å². The maximum atomic E-state index is 10.1. The molecule has 0 spiro atoms. The summed E-state index contributed by atoms with van der Waals surface area (Å²) in [5.41, 5.74) is 5.53. The Bertz CT molecular complexity index is 1500. The van der Waals surface area contributed by atoms with Gasteiger partial charge in [-0.1, -0.05) is 24.3 Å². The molecule has 6 heteroatoms. The Labute approximate surface area is 146 Å². The number of H-pyrrole nitrogens is 1. The van der Waals surface area contributed by atoms with Gasteiger partial charge in [0.25, 0.3) is 0 Å². The largest absolute Gasteiger partial charge is 0.508 e. The minimum Gasteiger partial charge on any atom is -0.508 e. The minimum absolute atomic E-state index is 0.209. The number of fused-ring (bicyclic) bond motifs is 9. The van der Waals surface area contributed by atoms with Gasteiger partial charge in [-0.2, -0.15) is 0 Å². The highest BCUT2D eigenvalue weighted by atomic mass is 16.3. The lowest BCUT2D eigenvalue weighted by atomic mass is 10.2. The lowest BCUT2D eigenvalue weighted by molar-refractivity contribution is 0.476. The summed E-state index contributed by atoms with van der Waals surface area (Å²) in [6, 6.07) is 21.3. The number of aromatic nitrogens is 5. The van der Waals surface area contributed by atoms with Gasteiger partial charge in [-0.3, -0.25) is 13.8 Å². The summed E-state index contributed by atoms with van der Waals surface area (Å²) in [4.78, 5) is 12.8. The number of phenolic OH excluding ortho intramolecular Hbond substituents is 1. The van der Waals surface area contributed by atoms with Crippen molar-refractivity contribution >= 4 is 44.7 Å². The Morgan fingerprint density at radius 2 is 1.23 bits per heavy atom. The van der Waals surface area contributed by atoms with Crippen molar-refractivity contribution in [1.82, 2.24) is 23.8 Å². The van der Waals surface area contributed by atoms with Gasteiger partial charge in [-0.15, -0.1) is 0 Å². The second-order valence-electron chi connectivity index (χ2n) is 6.32. The molecular formula is C20H13N5O. The van der Waals surface area contributed by atoms with Crippen molar-refractivity contribution in [3.05, 3.63) is 66.7 Å². The number of nitrogens with one attached hydrogen (secondary N) is 1. The van der Waals surface area contributed by atoms with E-state index in [2.05, 4.69) is 9.38 Å². The van der Waals surface area contributed by atoms with Gasteiger partial charge in [0, 0.05) is 6.07 Å². The third kappa shape index (κ3) is 1.65. The second-order valence-corrected chi connectivity index (χ2v) is 6.32. The number of imidazole rings is 2. The molecule has 26 heavy (non-hydrogen) atoms. The lowest BCUT2D eigenvalue weighted by Crippen LogP contribution is -1.88. The molecule has 3 heterocycles. The SMILES string of the molecule is Oc1ccc2c(c1)n1c(nc3ccccc31)[nH]c1nc3ccccc3n12. The van der Waals surface area contributed by atoms with Crippen LogP contribution in [0.5, 0.6) is 5.75 Å². The van der Waals surface area contributed by atoms with E-state index in [1.807, 2.05) is 59.0 Å². The predicted octanol–water partition coefficient (Wildman–Crippen LogP) is 4.04. The van der Waals surface area contributed by atoms with Gasteiger partial charge in [0.1, 0.15) is 5.75 Å². The van der Waals surface area contributed by atoms with E-state index in [1.165, 1.54) is 0 Å². The van der Waals surface area contributed by atoms with E-state index in [4.69, 9.17) is 9.97 Å². The normalized spacial score (nSPS) is 12.0. The molecule has 0 fully saturated rings. The van der Waals surface area contributed by atoms with Crippen LogP contribution in [0.25, 0.3) is 44.7 Å². The van der Waals surface area contributed by atoms with Crippen LogP contribution in [-0.2, 0) is 0 Å². The molecule has 0 aliphatic carbocycles. The molecule has 0 saturated carbocycles. The Morgan fingerprint density at radius 3 is 1.88 bits per heavy atom. The van der Waals surface area contributed by atoms with Crippen molar-refractivity contribution in [3.8, 4) is 5.75 Å². The van der Waals surface area contributed by atoms with Crippen molar-refractivity contribution in [2.24, 2.45) is 0 Å². The zero-order valence-electron chi connectivity index (χ0n) is 13.6. The summed E-state index contributed by atoms with van der Waals surface area (Å²) in [6.07, 6.45) is 0. The molecule has 0 amide bonds. The lowest BCUT2D eigenvalue weighted by Gasteiger charge is -2.02. The molecule has 0 bridgehead atoms. The second kappa shape index (κ2) is 4.64. The van der Waals surface area contributed by atoms with Crippen LogP contribution in [0.1, 0.15) is 0 Å². The van der Waals surface area contributed by atoms with Crippen molar-refractivity contribution in [2.45, 2.75) is 0 Å². The number of aromatic amines is 1. The number of phenols is 1. The number of benzene rings is 3. The summed E-state index contributed by atoms with van der Waals surface area (Å²) in [5, 5.41) is 10.1. The van der Waals surface area contributed by atoms with Crippen LogP contribution in [0.4, 0.5) is 0 Å². The summed E-state index contributed by atoms with van der Waals surface area (Å²) < 4.78 is 4.08. The monoisotopic (exact) mass is 339 g/mol. The number of hydrogen-bond donors (Lipinski definition) is 2. The number of hydrogen-bond acceptors (Lipinski definition) is 3. The Balaban J connectivity index is 2.03. The van der Waals surface area contributed by atoms with E-state index in [0.717, 1.165) is 33.1 Å². The highest BCUT2D eigenvalue weighted by Gasteiger charge is 2.13. The highest BCUT2D eigenvalue weighted by Crippen LogP contribution is 2.27. The first-order chi connectivity index (χ1) is 12.8. The quantitative estimate of drug-likeness (QED) is 0.439. The van der Waals surface area contributed by atoms with Gasteiger partial charge >= 0.3 is 0 Å². The maximum absolute atomic E-state index is 10.1. The number of aromatic hydroxyl groups is 1. The van der Waals surface area contributed by atoms with Crippen LogP contribution < -0.4 is 0 Å². The zero-order valence-corrected chi connectivity index (χ0v) is 13.6. The third-order valence-corrected chi connectivity index (χ3v) is 4.79. The number of rotatable bonds is 0. The summed E-state index contributed by atoms with van der Waals surface area (Å²) >= 11 is 0. The fraction of sp³-hybridized carbons (Fsp3) is 0. The fourth-order valence-electron chi connectivity index (χ4n) is 3.69. The molecule has 0 saturated heterocycles. The van der Waals surface area contributed by atoms with Crippen molar-refractivity contribution in [1.29, 1.82) is 0 Å². The van der Waals surface area contributed by atoms with Crippen LogP contribution in [0, 0.1) is 0 Å². The minimum atomic E-state index is 0.209. The standard InChI is InChI=1S/C20H13N5O/c26-12-9-10-17-18(11-12)25-16-8-4-2-6-14(16)22-20(25)23-19-21-13-5-1-3-7-15(13)24(17)19/h1-11,26H,(H,21,22,23). The first-order valence-electron chi connectivity index (χ1n) is 8.35. The zero-order chi connectivity index (χ0) is 17.3. The first kappa shape index (κ1) is 13.5. The molecular weight excluding hydrogens is 326 g/mol. The molecule has 6 nitrogen and oxygen atoms in total. The Kier molecular flexibility index (Phi) is 2.40. The molecule has 3 aromatic carbocycles. The van der Waals surface area contributed by atoms with Gasteiger partial charge in [-0.25, -0.2) is 9.97 Å². The van der Waals surface area contributed by atoms with Crippen LogP contribution in [0.3, 0.4) is 0 Å². The van der Waals surface area contributed by atoms with E-state index >= 15 is 0 Å². The van der Waals surface area contributed by atoms with E-state index in [9.17, 15) is 5.11 Å². The predicted molar refractivity (Wildman–Crippen MR) is 101 cm³/mol. The summed E-state index contributed by atoms with van der Waals surface area (Å²) in [5.74, 6) is 1.58. The summed E-state index contributed by atoms with van der Waals surface area (Å²) in [7, 11) is 0. The van der Waals surface area contributed by atoms with Crippen LogP contribution in [-0.4, -0.2) is 28.9 Å². The highest BCUT2D eigenvalue weighted by molar-refractivity contribution is 5.92. The van der Waals surface area contributed by atoms with Gasteiger partial charge < -0.3 is 5.11 Å². The molecule has 124 valence electrons. The van der Waals surface area contributed by atoms with E-state index in [-0.39, 0.29) is 5.75 Å². The van der Waals surface area contributed by atoms with Gasteiger partial charge in [0.2, 0.25) is 11.6 Å². The van der Waals surface area contributed by atoms with E-state index in [0.29, 0.717) is 11.6 Å². The smallest absolute Gasteiger partial charge is 0.215 e. The van der Waals surface area contributed by atoms with Crippen LogP contribution in [0.15, 0.2) is 66.7 Å². The van der Waals surface area contributed by atoms with Crippen molar-refractivity contribution < 1.29 is 5.11 Å². The van der Waals surface area contributed by atoms with Crippen LogP contribution >= 0.6 is 0 Å². The van der Waals surface area contributed by atoms with Gasteiger partial charge in [0.05, 0.1) is 33.1 Å². The maximum Gasteiger partial charge on any atom is 0.215 e. The van der Waals surface area contributed by atoms with Crippen molar-refractivity contribution in [3.63, 3.8) is 0 Å². The average Bonchev–Trinajstić information content (AvgIpc) is 3.16. The van der Waals surface area contributed by atoms with Crippen molar-refractivity contribution in [2.75, 3.05) is 0 Å². The van der Waals surface area contributed by atoms with Gasteiger partial charge in [-0.05, 0) is 36.4 Å².